The number of rotatable bonds is 4. The van der Waals surface area contributed by atoms with E-state index < -0.39 is 0 Å². The van der Waals surface area contributed by atoms with Crippen molar-refractivity contribution in [2.24, 2.45) is 5.73 Å². The van der Waals surface area contributed by atoms with Crippen LogP contribution in [0.3, 0.4) is 0 Å². The van der Waals surface area contributed by atoms with Crippen LogP contribution in [0, 0.1) is 5.82 Å². The Morgan fingerprint density at radius 3 is 2.72 bits per heavy atom. The van der Waals surface area contributed by atoms with Gasteiger partial charge in [0.1, 0.15) is 5.82 Å². The lowest BCUT2D eigenvalue weighted by atomic mass is 9.77. The molecule has 0 saturated heterocycles. The van der Waals surface area contributed by atoms with Crippen LogP contribution in [-0.2, 0) is 4.74 Å². The molecule has 100 valence electrons. The SMILES string of the molecule is CCOC1(C(N)c2cncc(F)c2)CCCCC1. The summed E-state index contributed by atoms with van der Waals surface area (Å²) in [5.74, 6) is -0.342. The fourth-order valence-electron chi connectivity index (χ4n) is 2.88. The molecular weight excluding hydrogens is 231 g/mol. The summed E-state index contributed by atoms with van der Waals surface area (Å²) < 4.78 is 19.2. The van der Waals surface area contributed by atoms with E-state index in [9.17, 15) is 4.39 Å². The number of ether oxygens (including phenoxy) is 1. The molecule has 2 N–H and O–H groups in total. The van der Waals surface area contributed by atoms with Gasteiger partial charge in [-0.2, -0.15) is 0 Å². The minimum atomic E-state index is -0.345. The van der Waals surface area contributed by atoms with Crippen molar-refractivity contribution in [2.75, 3.05) is 6.61 Å². The molecule has 0 aliphatic heterocycles. The molecule has 1 aromatic rings. The Balaban J connectivity index is 2.24. The number of hydrogen-bond acceptors (Lipinski definition) is 3. The van der Waals surface area contributed by atoms with Gasteiger partial charge in [0.15, 0.2) is 0 Å². The minimum absolute atomic E-state index is 0.305. The molecule has 0 radical (unpaired) electrons. The number of hydrogen-bond donors (Lipinski definition) is 1. The zero-order valence-corrected chi connectivity index (χ0v) is 10.9. The maximum atomic E-state index is 13.2. The molecule has 1 aliphatic carbocycles. The monoisotopic (exact) mass is 252 g/mol. The van der Waals surface area contributed by atoms with E-state index in [0.717, 1.165) is 31.2 Å². The highest BCUT2D eigenvalue weighted by atomic mass is 19.1. The number of aromatic nitrogens is 1. The molecule has 0 aromatic carbocycles. The maximum absolute atomic E-state index is 13.2. The highest BCUT2D eigenvalue weighted by Crippen LogP contribution is 2.40. The summed E-state index contributed by atoms with van der Waals surface area (Å²) in [5.41, 5.74) is 6.71. The summed E-state index contributed by atoms with van der Waals surface area (Å²) in [6.07, 6.45) is 8.19. The first-order chi connectivity index (χ1) is 8.68. The van der Waals surface area contributed by atoms with Gasteiger partial charge in [-0.1, -0.05) is 19.3 Å². The third-order valence-electron chi connectivity index (χ3n) is 3.78. The van der Waals surface area contributed by atoms with Gasteiger partial charge >= 0.3 is 0 Å². The lowest BCUT2D eigenvalue weighted by Crippen LogP contribution is -2.45. The van der Waals surface area contributed by atoms with E-state index >= 15 is 0 Å². The van der Waals surface area contributed by atoms with Crippen LogP contribution < -0.4 is 5.73 Å². The molecule has 3 nitrogen and oxygen atoms in total. The normalized spacial score (nSPS) is 20.6. The number of nitrogens with zero attached hydrogens (tertiary/aromatic N) is 1. The lowest BCUT2D eigenvalue weighted by Gasteiger charge is -2.41. The van der Waals surface area contributed by atoms with Gasteiger partial charge in [0.25, 0.3) is 0 Å². The van der Waals surface area contributed by atoms with E-state index in [2.05, 4.69) is 4.98 Å². The van der Waals surface area contributed by atoms with Crippen molar-refractivity contribution in [3.8, 4) is 0 Å². The number of halogens is 1. The van der Waals surface area contributed by atoms with Crippen LogP contribution in [0.1, 0.15) is 50.6 Å². The van der Waals surface area contributed by atoms with Crippen LogP contribution in [0.2, 0.25) is 0 Å². The van der Waals surface area contributed by atoms with Crippen LogP contribution >= 0.6 is 0 Å². The van der Waals surface area contributed by atoms with E-state index in [1.165, 1.54) is 18.7 Å². The fraction of sp³-hybridized carbons (Fsp3) is 0.643. The maximum Gasteiger partial charge on any atom is 0.141 e. The van der Waals surface area contributed by atoms with Gasteiger partial charge in [-0.3, -0.25) is 4.98 Å². The van der Waals surface area contributed by atoms with Crippen LogP contribution in [0.25, 0.3) is 0 Å². The average Bonchev–Trinajstić information content (AvgIpc) is 2.39. The predicted molar refractivity (Wildman–Crippen MR) is 68.6 cm³/mol. The zero-order chi connectivity index (χ0) is 13.0. The summed E-state index contributed by atoms with van der Waals surface area (Å²) in [6.45, 7) is 2.61. The van der Waals surface area contributed by atoms with Gasteiger partial charge in [0.05, 0.1) is 17.8 Å². The molecule has 1 unspecified atom stereocenters. The van der Waals surface area contributed by atoms with Gasteiger partial charge in [0.2, 0.25) is 0 Å². The van der Waals surface area contributed by atoms with Crippen LogP contribution in [0.5, 0.6) is 0 Å². The summed E-state index contributed by atoms with van der Waals surface area (Å²) in [5, 5.41) is 0. The Hall–Kier alpha value is -1.00. The molecule has 0 amide bonds. The van der Waals surface area contributed by atoms with Gasteiger partial charge in [-0.05, 0) is 31.4 Å². The quantitative estimate of drug-likeness (QED) is 0.896. The van der Waals surface area contributed by atoms with Gasteiger partial charge < -0.3 is 10.5 Å². The van der Waals surface area contributed by atoms with E-state index in [0.29, 0.717) is 6.61 Å². The van der Waals surface area contributed by atoms with E-state index in [1.807, 2.05) is 6.92 Å². The van der Waals surface area contributed by atoms with Crippen molar-refractivity contribution < 1.29 is 9.13 Å². The Kier molecular flexibility index (Phi) is 4.30. The van der Waals surface area contributed by atoms with Crippen molar-refractivity contribution in [1.29, 1.82) is 0 Å². The Labute approximate surface area is 108 Å². The molecule has 1 heterocycles. The second kappa shape index (κ2) is 5.76. The molecule has 1 fully saturated rings. The Bertz CT molecular complexity index is 386. The smallest absolute Gasteiger partial charge is 0.141 e. The molecule has 0 bridgehead atoms. The summed E-state index contributed by atoms with van der Waals surface area (Å²) >= 11 is 0. The Morgan fingerprint density at radius 1 is 1.39 bits per heavy atom. The molecule has 1 aromatic heterocycles. The summed E-state index contributed by atoms with van der Waals surface area (Å²) in [6, 6.07) is 1.16. The molecule has 1 atom stereocenters. The van der Waals surface area contributed by atoms with Gasteiger partial charge in [-0.25, -0.2) is 4.39 Å². The highest BCUT2D eigenvalue weighted by molar-refractivity contribution is 5.19. The van der Waals surface area contributed by atoms with Crippen LogP contribution in [0.4, 0.5) is 4.39 Å². The van der Waals surface area contributed by atoms with Crippen molar-refractivity contribution >= 4 is 0 Å². The second-order valence-electron chi connectivity index (χ2n) is 4.97. The first-order valence-corrected chi connectivity index (χ1v) is 6.68. The lowest BCUT2D eigenvalue weighted by molar-refractivity contribution is -0.0831. The van der Waals surface area contributed by atoms with Gasteiger partial charge in [0, 0.05) is 12.8 Å². The first-order valence-electron chi connectivity index (χ1n) is 6.68. The molecule has 2 rings (SSSR count). The Morgan fingerprint density at radius 2 is 2.11 bits per heavy atom. The molecule has 0 spiro atoms. The van der Waals surface area contributed by atoms with E-state index in [-0.39, 0.29) is 17.5 Å². The molecular formula is C14H21FN2O. The molecule has 1 saturated carbocycles. The zero-order valence-electron chi connectivity index (χ0n) is 10.9. The van der Waals surface area contributed by atoms with E-state index in [4.69, 9.17) is 10.5 Å². The molecule has 4 heteroatoms. The van der Waals surface area contributed by atoms with Crippen molar-refractivity contribution in [1.82, 2.24) is 4.98 Å². The van der Waals surface area contributed by atoms with Crippen molar-refractivity contribution in [2.45, 2.75) is 50.7 Å². The number of pyridine rings is 1. The van der Waals surface area contributed by atoms with E-state index in [1.54, 1.807) is 6.20 Å². The van der Waals surface area contributed by atoms with Crippen LogP contribution in [0.15, 0.2) is 18.5 Å². The summed E-state index contributed by atoms with van der Waals surface area (Å²) in [7, 11) is 0. The molecule has 1 aliphatic rings. The second-order valence-corrected chi connectivity index (χ2v) is 4.97. The molecule has 18 heavy (non-hydrogen) atoms. The highest BCUT2D eigenvalue weighted by Gasteiger charge is 2.39. The third kappa shape index (κ3) is 2.70. The predicted octanol–water partition coefficient (Wildman–Crippen LogP) is 2.96. The minimum Gasteiger partial charge on any atom is -0.373 e. The fourth-order valence-corrected chi connectivity index (χ4v) is 2.88. The topological polar surface area (TPSA) is 48.1 Å². The van der Waals surface area contributed by atoms with Crippen molar-refractivity contribution in [3.05, 3.63) is 29.8 Å². The first kappa shape index (κ1) is 13.4. The summed E-state index contributed by atoms with van der Waals surface area (Å²) in [4.78, 5) is 3.88. The number of nitrogens with two attached hydrogens (primary N) is 1. The van der Waals surface area contributed by atoms with Gasteiger partial charge in [-0.15, -0.1) is 0 Å². The van der Waals surface area contributed by atoms with Crippen molar-refractivity contribution in [3.63, 3.8) is 0 Å². The average molecular weight is 252 g/mol. The van der Waals surface area contributed by atoms with Crippen LogP contribution in [-0.4, -0.2) is 17.2 Å². The standard InChI is InChI=1S/C14H21FN2O/c1-2-18-14(6-4-3-5-7-14)13(16)11-8-12(15)10-17-9-11/h8-10,13H,2-7,16H2,1H3. The third-order valence-corrected chi connectivity index (χ3v) is 3.78. The largest absolute Gasteiger partial charge is 0.373 e.